The predicted octanol–water partition coefficient (Wildman–Crippen LogP) is 1.01. The number of likely N-dealkylation sites (tertiary alicyclic amines) is 1. The van der Waals surface area contributed by atoms with Gasteiger partial charge in [0.25, 0.3) is 0 Å². The van der Waals surface area contributed by atoms with Gasteiger partial charge in [-0.2, -0.15) is 0 Å². The lowest BCUT2D eigenvalue weighted by molar-refractivity contribution is -0.146. The smallest absolute Gasteiger partial charge is 0.411 e. The highest BCUT2D eigenvalue weighted by molar-refractivity contribution is 5.81. The van der Waals surface area contributed by atoms with E-state index in [-0.39, 0.29) is 13.0 Å². The lowest BCUT2D eigenvalue weighted by Gasteiger charge is -2.26. The average Bonchev–Trinajstić information content (AvgIpc) is 2.57. The molecular weight excluding hydrogens is 254 g/mol. The number of aliphatic carboxylic acids is 1. The van der Waals surface area contributed by atoms with Crippen LogP contribution in [0.5, 0.6) is 0 Å². The van der Waals surface area contributed by atoms with Crippen molar-refractivity contribution in [1.82, 2.24) is 4.90 Å². The van der Waals surface area contributed by atoms with Crippen LogP contribution in [0.15, 0.2) is 0 Å². The van der Waals surface area contributed by atoms with Gasteiger partial charge in [0.05, 0.1) is 6.54 Å². The van der Waals surface area contributed by atoms with E-state index in [0.29, 0.717) is 0 Å². The van der Waals surface area contributed by atoms with Crippen molar-refractivity contribution in [2.75, 3.05) is 6.54 Å². The van der Waals surface area contributed by atoms with Crippen molar-refractivity contribution in [1.29, 1.82) is 0 Å². The minimum atomic E-state index is -1.14. The van der Waals surface area contributed by atoms with E-state index in [1.165, 1.54) is 6.92 Å². The van der Waals surface area contributed by atoms with Crippen LogP contribution in [0.25, 0.3) is 0 Å². The number of hydrogen-bond acceptors (Lipinski definition) is 5. The molecule has 0 saturated carbocycles. The van der Waals surface area contributed by atoms with Crippen LogP contribution >= 0.6 is 0 Å². The number of esters is 1. The van der Waals surface area contributed by atoms with E-state index in [9.17, 15) is 14.4 Å². The van der Waals surface area contributed by atoms with E-state index in [2.05, 4.69) is 0 Å². The van der Waals surface area contributed by atoms with Crippen molar-refractivity contribution in [3.8, 4) is 0 Å². The van der Waals surface area contributed by atoms with Crippen molar-refractivity contribution in [3.05, 3.63) is 0 Å². The van der Waals surface area contributed by atoms with E-state index in [1.807, 2.05) is 0 Å². The second-order valence-corrected chi connectivity index (χ2v) is 5.45. The summed E-state index contributed by atoms with van der Waals surface area (Å²) < 4.78 is 10.1. The molecule has 2 atom stereocenters. The highest BCUT2D eigenvalue weighted by Gasteiger charge is 2.42. The van der Waals surface area contributed by atoms with Crippen LogP contribution in [-0.2, 0) is 19.1 Å². The number of carboxylic acids is 1. The molecule has 1 N–H and O–H groups in total. The molecule has 7 heteroatoms. The van der Waals surface area contributed by atoms with Crippen LogP contribution in [0.3, 0.4) is 0 Å². The highest BCUT2D eigenvalue weighted by atomic mass is 16.6. The number of carbonyl (C=O) groups is 3. The molecule has 1 fully saturated rings. The monoisotopic (exact) mass is 273 g/mol. The molecule has 0 aromatic heterocycles. The number of ether oxygens (including phenoxy) is 2. The third-order valence-corrected chi connectivity index (χ3v) is 2.51. The van der Waals surface area contributed by atoms with Crippen LogP contribution < -0.4 is 0 Å². The third kappa shape index (κ3) is 4.42. The molecule has 1 aliphatic rings. The van der Waals surface area contributed by atoms with Crippen LogP contribution in [0.4, 0.5) is 4.79 Å². The molecule has 19 heavy (non-hydrogen) atoms. The number of hydrogen-bond donors (Lipinski definition) is 1. The Kier molecular flexibility index (Phi) is 4.39. The van der Waals surface area contributed by atoms with Gasteiger partial charge >= 0.3 is 18.0 Å². The summed E-state index contributed by atoms with van der Waals surface area (Å²) in [4.78, 5) is 35.0. The first-order valence-electron chi connectivity index (χ1n) is 6.00. The Morgan fingerprint density at radius 1 is 1.26 bits per heavy atom. The van der Waals surface area contributed by atoms with Gasteiger partial charge in [0, 0.05) is 13.3 Å². The Morgan fingerprint density at radius 2 is 1.84 bits per heavy atom. The molecule has 1 saturated heterocycles. The summed E-state index contributed by atoms with van der Waals surface area (Å²) in [6.45, 7) is 6.36. The Balaban J connectivity index is 2.76. The maximum absolute atomic E-state index is 11.9. The fraction of sp³-hybridized carbons (Fsp3) is 0.750. The van der Waals surface area contributed by atoms with Gasteiger partial charge in [0.2, 0.25) is 0 Å². The third-order valence-electron chi connectivity index (χ3n) is 2.51. The number of amides is 1. The topological polar surface area (TPSA) is 93.1 Å². The van der Waals surface area contributed by atoms with Gasteiger partial charge < -0.3 is 14.6 Å². The largest absolute Gasteiger partial charge is 0.480 e. The van der Waals surface area contributed by atoms with Crippen LogP contribution in [-0.4, -0.2) is 52.3 Å². The Hall–Kier alpha value is -1.79. The number of carbonyl (C=O) groups excluding carboxylic acids is 2. The molecule has 0 spiro atoms. The van der Waals surface area contributed by atoms with Crippen molar-refractivity contribution >= 4 is 18.0 Å². The standard InChI is InChI=1S/C12H19NO6/c1-7(14)18-8-5-9(10(15)16)13(6-8)11(17)19-12(2,3)4/h8-9H,5-6H2,1-4H3,(H,15,16)/t8?,9-/m0/s1. The van der Waals surface area contributed by atoms with Crippen LogP contribution in [0.1, 0.15) is 34.1 Å². The molecule has 1 rings (SSSR count). The summed E-state index contributed by atoms with van der Waals surface area (Å²) in [7, 11) is 0. The van der Waals surface area contributed by atoms with Crippen LogP contribution in [0.2, 0.25) is 0 Å². The van der Waals surface area contributed by atoms with Crippen molar-refractivity contribution in [3.63, 3.8) is 0 Å². The summed E-state index contributed by atoms with van der Waals surface area (Å²) in [5, 5.41) is 9.09. The zero-order valence-corrected chi connectivity index (χ0v) is 11.5. The molecule has 7 nitrogen and oxygen atoms in total. The summed E-state index contributed by atoms with van der Waals surface area (Å²) >= 11 is 0. The number of carboxylic acid groups (broad SMARTS) is 1. The predicted molar refractivity (Wildman–Crippen MR) is 64.5 cm³/mol. The number of nitrogens with zero attached hydrogens (tertiary/aromatic N) is 1. The normalized spacial score (nSPS) is 23.1. The second kappa shape index (κ2) is 5.46. The molecule has 1 aliphatic heterocycles. The summed E-state index contributed by atoms with van der Waals surface area (Å²) in [6.07, 6.45) is -1.24. The minimum Gasteiger partial charge on any atom is -0.480 e. The first kappa shape index (κ1) is 15.3. The average molecular weight is 273 g/mol. The maximum atomic E-state index is 11.9. The second-order valence-electron chi connectivity index (χ2n) is 5.45. The quantitative estimate of drug-likeness (QED) is 0.755. The summed E-state index contributed by atoms with van der Waals surface area (Å²) in [5.74, 6) is -1.64. The molecule has 1 heterocycles. The van der Waals surface area contributed by atoms with Crippen molar-refractivity contribution in [2.45, 2.75) is 51.9 Å². The van der Waals surface area contributed by atoms with Crippen molar-refractivity contribution in [2.24, 2.45) is 0 Å². The van der Waals surface area contributed by atoms with Gasteiger partial charge in [0.15, 0.2) is 0 Å². The fourth-order valence-corrected chi connectivity index (χ4v) is 1.87. The minimum absolute atomic E-state index is 0.0332. The Labute approximate surface area is 111 Å². The van der Waals surface area contributed by atoms with E-state index < -0.39 is 35.8 Å². The first-order valence-corrected chi connectivity index (χ1v) is 6.00. The van der Waals surface area contributed by atoms with E-state index >= 15 is 0 Å². The zero-order valence-electron chi connectivity index (χ0n) is 11.5. The van der Waals surface area contributed by atoms with Gasteiger partial charge in [-0.15, -0.1) is 0 Å². The van der Waals surface area contributed by atoms with Crippen LogP contribution in [0, 0.1) is 0 Å². The Morgan fingerprint density at radius 3 is 2.26 bits per heavy atom. The van der Waals surface area contributed by atoms with E-state index in [1.54, 1.807) is 20.8 Å². The molecule has 1 unspecified atom stereocenters. The molecule has 0 bridgehead atoms. The molecule has 0 aromatic rings. The summed E-state index contributed by atoms with van der Waals surface area (Å²) in [6, 6.07) is -1.03. The lowest BCUT2D eigenvalue weighted by Crippen LogP contribution is -2.43. The zero-order chi connectivity index (χ0) is 14.8. The van der Waals surface area contributed by atoms with Gasteiger partial charge in [-0.05, 0) is 20.8 Å². The van der Waals surface area contributed by atoms with E-state index in [4.69, 9.17) is 14.6 Å². The fourth-order valence-electron chi connectivity index (χ4n) is 1.87. The molecule has 0 aliphatic carbocycles. The lowest BCUT2D eigenvalue weighted by atomic mass is 10.2. The van der Waals surface area contributed by atoms with Gasteiger partial charge in [-0.1, -0.05) is 0 Å². The number of rotatable bonds is 2. The molecular formula is C12H19NO6. The van der Waals surface area contributed by atoms with Gasteiger partial charge in [0.1, 0.15) is 17.7 Å². The van der Waals surface area contributed by atoms with E-state index in [0.717, 1.165) is 4.90 Å². The van der Waals surface area contributed by atoms with Gasteiger partial charge in [-0.25, -0.2) is 9.59 Å². The molecule has 1 amide bonds. The Bertz CT molecular complexity index is 386. The molecule has 108 valence electrons. The first-order chi connectivity index (χ1) is 8.60. The highest BCUT2D eigenvalue weighted by Crippen LogP contribution is 2.23. The molecule has 0 radical (unpaired) electrons. The SMILES string of the molecule is CC(=O)OC1C[C@@H](C(=O)O)N(C(=O)OC(C)(C)C)C1. The maximum Gasteiger partial charge on any atom is 0.411 e. The van der Waals surface area contributed by atoms with Crippen molar-refractivity contribution < 1.29 is 29.0 Å². The van der Waals surface area contributed by atoms with Gasteiger partial charge in [-0.3, -0.25) is 9.69 Å². The molecule has 0 aromatic carbocycles. The summed E-state index contributed by atoms with van der Waals surface area (Å²) in [5.41, 5.74) is -0.709.